The first-order valence-corrected chi connectivity index (χ1v) is 17.8. The minimum atomic E-state index is 0.145. The van der Waals surface area contributed by atoms with Gasteiger partial charge in [-0.25, -0.2) is 0 Å². The van der Waals surface area contributed by atoms with Crippen LogP contribution in [0, 0.1) is 0 Å². The molecule has 3 aromatic carbocycles. The zero-order valence-electron chi connectivity index (χ0n) is 28.0. The number of nitrogens with zero attached hydrogens (tertiary/aromatic N) is 2. The van der Waals surface area contributed by atoms with Crippen LogP contribution in [0.5, 0.6) is 11.5 Å². The van der Waals surface area contributed by atoms with Crippen LogP contribution in [0.4, 0.5) is 5.69 Å². The fraction of sp³-hybridized carbons (Fsp3) is 0.488. The van der Waals surface area contributed by atoms with Crippen LogP contribution in [-0.2, 0) is 0 Å². The number of allylic oxidation sites excluding steroid dienone is 1. The molecule has 1 heterocycles. The van der Waals surface area contributed by atoms with Crippen LogP contribution in [0.2, 0.25) is 0 Å². The van der Waals surface area contributed by atoms with Crippen LogP contribution in [0.15, 0.2) is 90.0 Å². The first-order chi connectivity index (χ1) is 22.3. The molecule has 0 amide bonds. The second-order valence-corrected chi connectivity index (χ2v) is 12.4. The number of rotatable bonds is 22. The fourth-order valence-corrected chi connectivity index (χ4v) is 5.86. The first-order valence-electron chi connectivity index (χ1n) is 17.8. The minimum Gasteiger partial charge on any atom is -0.494 e. The molecule has 3 aromatic rings. The van der Waals surface area contributed by atoms with Crippen molar-refractivity contribution in [1.82, 2.24) is 0 Å². The molecule has 1 aliphatic heterocycles. The summed E-state index contributed by atoms with van der Waals surface area (Å²) in [6.07, 6.45) is 23.3. The van der Waals surface area contributed by atoms with Gasteiger partial charge in [0.1, 0.15) is 11.5 Å². The molecule has 1 atom stereocenters. The molecule has 4 nitrogen and oxygen atoms in total. The first kappa shape index (κ1) is 34.3. The van der Waals surface area contributed by atoms with Crippen molar-refractivity contribution in [2.45, 2.75) is 116 Å². The van der Waals surface area contributed by atoms with Gasteiger partial charge in [-0.2, -0.15) is 5.10 Å². The Kier molecular flexibility index (Phi) is 15.6. The molecule has 1 aliphatic rings. The Hall–Kier alpha value is -3.53. The average molecular weight is 609 g/mol. The van der Waals surface area contributed by atoms with E-state index in [-0.39, 0.29) is 6.04 Å². The largest absolute Gasteiger partial charge is 0.494 e. The van der Waals surface area contributed by atoms with Crippen molar-refractivity contribution in [1.29, 1.82) is 0 Å². The Bertz CT molecular complexity index is 1250. The quantitative estimate of drug-likeness (QED) is 0.106. The molecular weight excluding hydrogens is 552 g/mol. The van der Waals surface area contributed by atoms with E-state index < -0.39 is 0 Å². The van der Waals surface area contributed by atoms with E-state index in [2.05, 4.69) is 110 Å². The molecule has 0 saturated carbocycles. The lowest BCUT2D eigenvalue weighted by molar-refractivity contribution is 0.304. The van der Waals surface area contributed by atoms with Gasteiger partial charge in [0.05, 0.1) is 30.7 Å². The molecule has 242 valence electrons. The van der Waals surface area contributed by atoms with Gasteiger partial charge in [0.2, 0.25) is 0 Å². The van der Waals surface area contributed by atoms with E-state index in [1.54, 1.807) is 0 Å². The van der Waals surface area contributed by atoms with Crippen LogP contribution in [0.3, 0.4) is 0 Å². The maximum Gasteiger partial charge on any atom is 0.119 e. The molecule has 4 rings (SSSR count). The number of benzene rings is 3. The van der Waals surface area contributed by atoms with Crippen molar-refractivity contribution in [3.05, 3.63) is 96.1 Å². The molecule has 0 aliphatic carbocycles. The van der Waals surface area contributed by atoms with E-state index in [4.69, 9.17) is 14.6 Å². The monoisotopic (exact) mass is 608 g/mol. The van der Waals surface area contributed by atoms with Crippen LogP contribution in [0.25, 0.3) is 6.08 Å². The zero-order chi connectivity index (χ0) is 31.4. The highest BCUT2D eigenvalue weighted by atomic mass is 16.5. The van der Waals surface area contributed by atoms with Gasteiger partial charge in [-0.1, -0.05) is 139 Å². The SMILES string of the molecule is CCCCCCCCCOc1ccc(/C=C/C2=NN(c3ccccc3)C(c3ccc(OCCCCCCCCC)cc3)C2)cc1. The van der Waals surface area contributed by atoms with Crippen LogP contribution >= 0.6 is 0 Å². The highest BCUT2D eigenvalue weighted by Crippen LogP contribution is 2.36. The molecular formula is C41H56N2O2. The van der Waals surface area contributed by atoms with E-state index >= 15 is 0 Å². The second kappa shape index (κ2) is 20.5. The summed E-state index contributed by atoms with van der Waals surface area (Å²) in [4.78, 5) is 0. The highest BCUT2D eigenvalue weighted by molar-refractivity contribution is 6.01. The summed E-state index contributed by atoms with van der Waals surface area (Å²) >= 11 is 0. The highest BCUT2D eigenvalue weighted by Gasteiger charge is 2.28. The van der Waals surface area contributed by atoms with Gasteiger partial charge in [0, 0.05) is 6.42 Å². The Morgan fingerprint density at radius 2 is 1.11 bits per heavy atom. The summed E-state index contributed by atoms with van der Waals surface area (Å²) < 4.78 is 12.1. The van der Waals surface area contributed by atoms with Crippen molar-refractivity contribution in [3.8, 4) is 11.5 Å². The number of ether oxygens (including phenoxy) is 2. The lowest BCUT2D eigenvalue weighted by Gasteiger charge is -2.24. The number of para-hydroxylation sites is 1. The third kappa shape index (κ3) is 12.4. The van der Waals surface area contributed by atoms with Gasteiger partial charge in [-0.15, -0.1) is 0 Å². The lowest BCUT2D eigenvalue weighted by atomic mass is 10.0. The molecule has 45 heavy (non-hydrogen) atoms. The minimum absolute atomic E-state index is 0.145. The average Bonchev–Trinajstić information content (AvgIpc) is 3.52. The van der Waals surface area contributed by atoms with Gasteiger partial charge in [-0.3, -0.25) is 5.01 Å². The van der Waals surface area contributed by atoms with Crippen molar-refractivity contribution in [3.63, 3.8) is 0 Å². The van der Waals surface area contributed by atoms with E-state index in [1.807, 2.05) is 0 Å². The Morgan fingerprint density at radius 1 is 0.600 bits per heavy atom. The fourth-order valence-electron chi connectivity index (χ4n) is 5.86. The van der Waals surface area contributed by atoms with Gasteiger partial charge in [-0.05, 0) is 66.4 Å². The smallest absolute Gasteiger partial charge is 0.119 e. The number of hydrogen-bond acceptors (Lipinski definition) is 4. The molecule has 0 spiro atoms. The van der Waals surface area contributed by atoms with E-state index in [1.165, 1.54) is 82.6 Å². The molecule has 0 saturated heterocycles. The van der Waals surface area contributed by atoms with Crippen LogP contribution < -0.4 is 14.5 Å². The third-order valence-corrected chi connectivity index (χ3v) is 8.60. The van der Waals surface area contributed by atoms with E-state index in [0.29, 0.717) is 0 Å². The predicted octanol–water partition coefficient (Wildman–Crippen LogP) is 12.0. The van der Waals surface area contributed by atoms with Crippen molar-refractivity contribution in [2.24, 2.45) is 5.10 Å². The Morgan fingerprint density at radius 3 is 1.67 bits per heavy atom. The van der Waals surface area contributed by atoms with Gasteiger partial charge in [0.25, 0.3) is 0 Å². The topological polar surface area (TPSA) is 34.1 Å². The van der Waals surface area contributed by atoms with Gasteiger partial charge in [0.15, 0.2) is 0 Å². The maximum atomic E-state index is 6.07. The van der Waals surface area contributed by atoms with E-state index in [9.17, 15) is 0 Å². The number of hydrogen-bond donors (Lipinski definition) is 0. The number of hydrazone groups is 1. The maximum absolute atomic E-state index is 6.07. The molecule has 0 fully saturated rings. The van der Waals surface area contributed by atoms with Gasteiger partial charge < -0.3 is 9.47 Å². The number of unbranched alkanes of at least 4 members (excludes halogenated alkanes) is 12. The summed E-state index contributed by atoms with van der Waals surface area (Å²) in [5, 5.41) is 7.22. The van der Waals surface area contributed by atoms with Crippen LogP contribution in [-0.4, -0.2) is 18.9 Å². The van der Waals surface area contributed by atoms with Crippen molar-refractivity contribution < 1.29 is 9.47 Å². The number of anilines is 1. The normalized spacial score (nSPS) is 14.7. The summed E-state index contributed by atoms with van der Waals surface area (Å²) in [6.45, 7) is 6.12. The van der Waals surface area contributed by atoms with Crippen molar-refractivity contribution >= 4 is 17.5 Å². The molecule has 0 radical (unpaired) electrons. The van der Waals surface area contributed by atoms with Gasteiger partial charge >= 0.3 is 0 Å². The Balaban J connectivity index is 1.27. The Labute approximate surface area is 273 Å². The molecule has 0 N–H and O–H groups in total. The summed E-state index contributed by atoms with van der Waals surface area (Å²) in [5.41, 5.74) is 4.57. The standard InChI is InChI=1S/C41H56N2O2/c1-3-5-7-9-11-13-18-32-44-39-28-23-35(24-29-39)22-27-37-34-41(43(42-37)38-20-16-15-17-21-38)36-25-30-40(31-26-36)45-33-19-14-12-10-8-6-4-2/h15-17,20-31,41H,3-14,18-19,32-34H2,1-2H3/b27-22+. The molecule has 0 bridgehead atoms. The van der Waals surface area contributed by atoms with Crippen molar-refractivity contribution in [2.75, 3.05) is 18.2 Å². The zero-order valence-corrected chi connectivity index (χ0v) is 28.0. The predicted molar refractivity (Wildman–Crippen MR) is 193 cm³/mol. The second-order valence-electron chi connectivity index (χ2n) is 12.4. The third-order valence-electron chi connectivity index (χ3n) is 8.60. The molecule has 1 unspecified atom stereocenters. The molecule has 4 heteroatoms. The van der Waals surface area contributed by atoms with Crippen LogP contribution in [0.1, 0.15) is 127 Å². The lowest BCUT2D eigenvalue weighted by Crippen LogP contribution is -2.18. The summed E-state index contributed by atoms with van der Waals surface area (Å²) in [5.74, 6) is 1.89. The van der Waals surface area contributed by atoms with E-state index in [0.717, 1.165) is 60.9 Å². The molecule has 0 aromatic heterocycles. The summed E-state index contributed by atoms with van der Waals surface area (Å²) in [6, 6.07) is 27.7. The summed E-state index contributed by atoms with van der Waals surface area (Å²) in [7, 11) is 0.